The summed E-state index contributed by atoms with van der Waals surface area (Å²) in [5, 5.41) is 9.08. The first kappa shape index (κ1) is 24.3. The number of carboxylic acids is 1. The number of aryl methyl sites for hydroxylation is 2. The number of rotatable bonds is 11. The second-order valence-corrected chi connectivity index (χ2v) is 9.60. The van der Waals surface area contributed by atoms with Crippen molar-refractivity contribution >= 4 is 21.7 Å². The lowest BCUT2D eigenvalue weighted by Crippen LogP contribution is -2.33. The van der Waals surface area contributed by atoms with E-state index in [0.717, 1.165) is 24.0 Å². The van der Waals surface area contributed by atoms with Gasteiger partial charge in [0.05, 0.1) is 23.3 Å². The Morgan fingerprint density at radius 3 is 2.21 bits per heavy atom. The van der Waals surface area contributed by atoms with Crippen LogP contribution < -0.4 is 9.04 Å². The summed E-state index contributed by atoms with van der Waals surface area (Å²) in [6, 6.07) is 20.8. The van der Waals surface area contributed by atoms with Crippen LogP contribution in [0.3, 0.4) is 0 Å². The van der Waals surface area contributed by atoms with Crippen LogP contribution in [0.1, 0.15) is 41.3 Å². The van der Waals surface area contributed by atoms with E-state index in [1.807, 2.05) is 31.2 Å². The van der Waals surface area contributed by atoms with Gasteiger partial charge in [0.1, 0.15) is 5.75 Å². The van der Waals surface area contributed by atoms with Crippen LogP contribution in [-0.4, -0.2) is 33.1 Å². The fourth-order valence-corrected chi connectivity index (χ4v) is 5.15. The molecule has 3 aromatic rings. The zero-order valence-corrected chi connectivity index (χ0v) is 19.7. The fourth-order valence-electron chi connectivity index (χ4n) is 3.61. The second kappa shape index (κ2) is 11.0. The molecular formula is C26H29NO5S. The third kappa shape index (κ3) is 5.93. The lowest BCUT2D eigenvalue weighted by atomic mass is 10.0. The molecule has 0 heterocycles. The van der Waals surface area contributed by atoms with Crippen LogP contribution in [0.2, 0.25) is 0 Å². The smallest absolute Gasteiger partial charge is 0.335 e. The number of nitrogens with zero attached hydrogens (tertiary/aromatic N) is 1. The van der Waals surface area contributed by atoms with E-state index in [9.17, 15) is 13.2 Å². The summed E-state index contributed by atoms with van der Waals surface area (Å²) in [4.78, 5) is 11.3. The molecule has 0 aliphatic rings. The maximum atomic E-state index is 13.6. The van der Waals surface area contributed by atoms with Crippen LogP contribution in [0.25, 0.3) is 0 Å². The summed E-state index contributed by atoms with van der Waals surface area (Å²) in [5.41, 5.74) is 2.83. The molecule has 0 saturated heterocycles. The second-order valence-electron chi connectivity index (χ2n) is 7.74. The summed E-state index contributed by atoms with van der Waals surface area (Å²) in [5.74, 6) is -0.356. The Labute approximate surface area is 195 Å². The quantitative estimate of drug-likeness (QED) is 0.420. The number of carboxylic acid groups (broad SMARTS) is 1. The predicted molar refractivity (Wildman–Crippen MR) is 130 cm³/mol. The van der Waals surface area contributed by atoms with Gasteiger partial charge in [-0.3, -0.25) is 4.31 Å². The molecule has 0 fully saturated rings. The number of unbranched alkanes of at least 4 members (excludes halogenated alkanes) is 1. The molecule has 0 radical (unpaired) electrons. The molecule has 0 aliphatic heterocycles. The van der Waals surface area contributed by atoms with E-state index in [2.05, 4.69) is 0 Å². The largest absolute Gasteiger partial charge is 0.497 e. The van der Waals surface area contributed by atoms with Gasteiger partial charge in [-0.05, 0) is 72.9 Å². The van der Waals surface area contributed by atoms with Gasteiger partial charge in [-0.2, -0.15) is 0 Å². The molecule has 0 atom stereocenters. The van der Waals surface area contributed by atoms with Crippen LogP contribution in [0.15, 0.2) is 77.7 Å². The summed E-state index contributed by atoms with van der Waals surface area (Å²) in [7, 11) is -2.22. The van der Waals surface area contributed by atoms with E-state index in [-0.39, 0.29) is 10.5 Å². The van der Waals surface area contributed by atoms with Gasteiger partial charge in [0.15, 0.2) is 0 Å². The van der Waals surface area contributed by atoms with Crippen molar-refractivity contribution < 1.29 is 23.1 Å². The minimum Gasteiger partial charge on any atom is -0.497 e. The highest BCUT2D eigenvalue weighted by Crippen LogP contribution is 2.29. The molecule has 33 heavy (non-hydrogen) atoms. The number of hydrogen-bond acceptors (Lipinski definition) is 4. The Balaban J connectivity index is 1.90. The van der Waals surface area contributed by atoms with Crippen LogP contribution in [-0.2, 0) is 22.9 Å². The number of anilines is 1. The maximum absolute atomic E-state index is 13.6. The highest BCUT2D eigenvalue weighted by Gasteiger charge is 2.26. The Morgan fingerprint density at radius 2 is 1.61 bits per heavy atom. The SMILES string of the molecule is CCCCN(c1ccccc1CCc1ccc(C(=O)O)cc1)S(=O)(=O)c1ccc(OC)cc1. The first-order valence-corrected chi connectivity index (χ1v) is 12.4. The van der Waals surface area contributed by atoms with Crippen molar-refractivity contribution in [3.63, 3.8) is 0 Å². The monoisotopic (exact) mass is 467 g/mol. The highest BCUT2D eigenvalue weighted by atomic mass is 32.2. The number of carbonyl (C=O) groups is 1. The minimum absolute atomic E-state index is 0.221. The minimum atomic E-state index is -3.76. The van der Waals surface area contributed by atoms with Crippen LogP contribution >= 0.6 is 0 Å². The molecule has 0 unspecified atom stereocenters. The predicted octanol–water partition coefficient (Wildman–Crippen LogP) is 5.17. The Morgan fingerprint density at radius 1 is 0.939 bits per heavy atom. The van der Waals surface area contributed by atoms with E-state index in [1.165, 1.54) is 4.31 Å². The van der Waals surface area contributed by atoms with Gasteiger partial charge in [0, 0.05) is 6.54 Å². The third-order valence-corrected chi connectivity index (χ3v) is 7.33. The molecule has 0 amide bonds. The summed E-state index contributed by atoms with van der Waals surface area (Å²) in [6.07, 6.45) is 2.90. The molecule has 3 aromatic carbocycles. The van der Waals surface area contributed by atoms with Crippen molar-refractivity contribution in [2.24, 2.45) is 0 Å². The molecule has 0 bridgehead atoms. The van der Waals surface area contributed by atoms with Crippen molar-refractivity contribution in [2.75, 3.05) is 18.0 Å². The molecule has 0 spiro atoms. The summed E-state index contributed by atoms with van der Waals surface area (Å²) in [6.45, 7) is 2.42. The highest BCUT2D eigenvalue weighted by molar-refractivity contribution is 7.92. The topological polar surface area (TPSA) is 83.9 Å². The van der Waals surface area contributed by atoms with Crippen molar-refractivity contribution in [3.05, 3.63) is 89.5 Å². The van der Waals surface area contributed by atoms with Crippen molar-refractivity contribution in [1.29, 1.82) is 0 Å². The molecule has 0 aromatic heterocycles. The third-order valence-electron chi connectivity index (χ3n) is 5.51. The Bertz CT molecular complexity index is 1170. The Kier molecular flexibility index (Phi) is 8.11. The molecule has 1 N–H and O–H groups in total. The molecule has 3 rings (SSSR count). The molecule has 0 saturated carbocycles. The average Bonchev–Trinajstić information content (AvgIpc) is 2.83. The van der Waals surface area contributed by atoms with E-state index in [4.69, 9.17) is 9.84 Å². The van der Waals surface area contributed by atoms with Crippen molar-refractivity contribution in [3.8, 4) is 5.75 Å². The van der Waals surface area contributed by atoms with Gasteiger partial charge in [-0.25, -0.2) is 13.2 Å². The molecule has 0 aliphatic carbocycles. The standard InChI is InChI=1S/C26H29NO5S/c1-3-4-19-27(33(30,31)24-17-15-23(32-2)16-18-24)25-8-6-5-7-21(25)12-9-20-10-13-22(14-11-20)26(28)29/h5-8,10-11,13-18H,3-4,9,12,19H2,1-2H3,(H,28,29). The lowest BCUT2D eigenvalue weighted by molar-refractivity contribution is 0.0697. The number of hydrogen-bond donors (Lipinski definition) is 1. The maximum Gasteiger partial charge on any atom is 0.335 e. The average molecular weight is 468 g/mol. The van der Waals surface area contributed by atoms with Gasteiger partial charge >= 0.3 is 5.97 Å². The summed E-state index contributed by atoms with van der Waals surface area (Å²) >= 11 is 0. The van der Waals surface area contributed by atoms with E-state index in [0.29, 0.717) is 30.8 Å². The van der Waals surface area contributed by atoms with E-state index < -0.39 is 16.0 Å². The number of aromatic carboxylic acids is 1. The normalized spacial score (nSPS) is 11.2. The van der Waals surface area contributed by atoms with Gasteiger partial charge in [-0.1, -0.05) is 43.7 Å². The number of para-hydroxylation sites is 1. The number of ether oxygens (including phenoxy) is 1. The van der Waals surface area contributed by atoms with Crippen molar-refractivity contribution in [1.82, 2.24) is 0 Å². The first-order valence-electron chi connectivity index (χ1n) is 10.9. The number of sulfonamides is 1. The van der Waals surface area contributed by atoms with Gasteiger partial charge in [-0.15, -0.1) is 0 Å². The van der Waals surface area contributed by atoms with Crippen LogP contribution in [0, 0.1) is 0 Å². The van der Waals surface area contributed by atoms with E-state index >= 15 is 0 Å². The van der Waals surface area contributed by atoms with Crippen LogP contribution in [0.5, 0.6) is 5.75 Å². The number of methoxy groups -OCH3 is 1. The molecule has 6 nitrogen and oxygen atoms in total. The molecular weight excluding hydrogens is 438 g/mol. The number of benzene rings is 3. The lowest BCUT2D eigenvalue weighted by Gasteiger charge is -2.27. The summed E-state index contributed by atoms with van der Waals surface area (Å²) < 4.78 is 33.9. The van der Waals surface area contributed by atoms with E-state index in [1.54, 1.807) is 55.6 Å². The first-order chi connectivity index (χ1) is 15.9. The van der Waals surface area contributed by atoms with Gasteiger partial charge in [0.25, 0.3) is 10.0 Å². The van der Waals surface area contributed by atoms with Gasteiger partial charge < -0.3 is 9.84 Å². The Hall–Kier alpha value is -3.32. The molecule has 174 valence electrons. The van der Waals surface area contributed by atoms with Crippen molar-refractivity contribution in [2.45, 2.75) is 37.5 Å². The molecule has 7 heteroatoms. The van der Waals surface area contributed by atoms with Crippen LogP contribution in [0.4, 0.5) is 5.69 Å². The fraction of sp³-hybridized carbons (Fsp3) is 0.269. The zero-order chi connectivity index (χ0) is 23.8. The van der Waals surface area contributed by atoms with Gasteiger partial charge in [0.2, 0.25) is 0 Å². The zero-order valence-electron chi connectivity index (χ0n) is 18.9.